The third-order valence-corrected chi connectivity index (χ3v) is 12.9. The molecule has 2 atom stereocenters. The third kappa shape index (κ3) is 8.81. The van der Waals surface area contributed by atoms with E-state index >= 15 is 0 Å². The third-order valence-electron chi connectivity index (χ3n) is 11.2. The highest BCUT2D eigenvalue weighted by Gasteiger charge is 2.25. The summed E-state index contributed by atoms with van der Waals surface area (Å²) in [4.78, 5) is 22.4. The first kappa shape index (κ1) is 40.1. The van der Waals surface area contributed by atoms with E-state index in [-0.39, 0.29) is 0 Å². The first-order valence-electron chi connectivity index (χ1n) is 20.5. The lowest BCUT2D eigenvalue weighted by atomic mass is 9.89. The monoisotopic (exact) mass is 921 g/mol. The number of aryl methyl sites for hydroxylation is 1. The SMILES string of the molecule is C/C(=C\C=C/I)C1=NC(c2cc(-c3cc(C4=CCC(c5ccccc5)C=C4)nc(-c4ccccc4)n3)c3sc(/C=C(\C)c4ccccc4)c(C)c3c2)N=C(c2ccccc2)N1. The van der Waals surface area contributed by atoms with Gasteiger partial charge in [0.25, 0.3) is 0 Å². The number of nitrogens with zero attached hydrogens (tertiary/aromatic N) is 4. The minimum absolute atomic E-state index is 0.323. The number of hydrogen-bond donors (Lipinski definition) is 1. The Morgan fingerprint density at radius 2 is 1.41 bits per heavy atom. The Labute approximate surface area is 375 Å². The average Bonchev–Trinajstić information content (AvgIpc) is 3.64. The molecule has 1 aliphatic carbocycles. The number of hydrogen-bond acceptors (Lipinski definition) is 6. The number of amidine groups is 2. The second-order valence-corrected chi connectivity index (χ2v) is 17.1. The Morgan fingerprint density at radius 1 is 0.738 bits per heavy atom. The quantitative estimate of drug-likeness (QED) is 0.110. The molecule has 2 unspecified atom stereocenters. The maximum absolute atomic E-state index is 5.38. The van der Waals surface area contributed by atoms with Crippen molar-refractivity contribution in [1.29, 1.82) is 0 Å². The number of allylic oxidation sites excluding steroid dienone is 7. The summed E-state index contributed by atoms with van der Waals surface area (Å²) in [7, 11) is 0. The summed E-state index contributed by atoms with van der Waals surface area (Å²) in [5, 5.41) is 4.72. The summed E-state index contributed by atoms with van der Waals surface area (Å²) in [5.41, 5.74) is 12.8. The fourth-order valence-electron chi connectivity index (χ4n) is 7.83. The van der Waals surface area contributed by atoms with E-state index in [0.29, 0.717) is 11.7 Å². The molecule has 0 saturated heterocycles. The summed E-state index contributed by atoms with van der Waals surface area (Å²) < 4.78 is 3.17. The first-order chi connectivity index (χ1) is 29.9. The van der Waals surface area contributed by atoms with Crippen LogP contribution in [0.4, 0.5) is 0 Å². The zero-order valence-electron chi connectivity index (χ0n) is 34.3. The molecule has 0 spiro atoms. The molecule has 0 fully saturated rings. The normalized spacial score (nSPS) is 17.0. The molecule has 0 saturated carbocycles. The van der Waals surface area contributed by atoms with E-state index in [2.05, 4.69) is 182 Å². The Balaban J connectivity index is 1.25. The van der Waals surface area contributed by atoms with Crippen LogP contribution in [-0.4, -0.2) is 21.6 Å². The van der Waals surface area contributed by atoms with Gasteiger partial charge in [-0.3, -0.25) is 0 Å². The molecule has 7 heteroatoms. The molecular weight excluding hydrogens is 878 g/mol. The van der Waals surface area contributed by atoms with Crippen LogP contribution in [-0.2, 0) is 0 Å². The molecule has 2 aromatic heterocycles. The van der Waals surface area contributed by atoms with Gasteiger partial charge in [0.15, 0.2) is 12.0 Å². The lowest BCUT2D eigenvalue weighted by molar-refractivity contribution is 0.756. The lowest BCUT2D eigenvalue weighted by Gasteiger charge is -2.23. The van der Waals surface area contributed by atoms with E-state index in [0.717, 1.165) is 62.9 Å². The second-order valence-electron chi connectivity index (χ2n) is 15.3. The molecule has 1 aliphatic heterocycles. The standard InChI is InChI=1S/C54H44IN5S/c1-35(17-16-30-55)51-58-53(43-24-14-7-15-25-43)60-54(59-51)44-32-45-37(3)49(31-36(2)38-18-8-4-9-19-38)61-50(45)46(33-44)48-34-47(56-52(57-48)42-22-12-6-13-23-42)41-28-26-40(27-29-41)39-20-10-5-11-21-39/h4-26,28-34,40,54H,27H2,1-3H3,(H,58,59,60)/b30-16-,35-17+,36-31+. The number of aromatic nitrogens is 2. The van der Waals surface area contributed by atoms with Crippen molar-refractivity contribution < 1.29 is 0 Å². The van der Waals surface area contributed by atoms with Crippen LogP contribution in [0.5, 0.6) is 0 Å². The van der Waals surface area contributed by atoms with Crippen LogP contribution in [0.25, 0.3) is 50.0 Å². The van der Waals surface area contributed by atoms with Gasteiger partial charge >= 0.3 is 0 Å². The van der Waals surface area contributed by atoms with E-state index in [9.17, 15) is 0 Å². The van der Waals surface area contributed by atoms with Gasteiger partial charge in [-0.25, -0.2) is 20.0 Å². The van der Waals surface area contributed by atoms with Crippen LogP contribution < -0.4 is 5.32 Å². The highest BCUT2D eigenvalue weighted by atomic mass is 127. The van der Waals surface area contributed by atoms with Gasteiger partial charge in [0.1, 0.15) is 11.7 Å². The smallest absolute Gasteiger partial charge is 0.169 e. The van der Waals surface area contributed by atoms with Gasteiger partial charge in [0, 0.05) is 32.2 Å². The van der Waals surface area contributed by atoms with E-state index in [1.807, 2.05) is 57.9 Å². The molecular formula is C54H44IN5S. The average molecular weight is 922 g/mol. The van der Waals surface area contributed by atoms with Crippen LogP contribution in [0.15, 0.2) is 190 Å². The van der Waals surface area contributed by atoms with Gasteiger partial charge in [-0.05, 0) is 99.9 Å². The van der Waals surface area contributed by atoms with E-state index in [1.165, 1.54) is 37.2 Å². The number of aliphatic imine (C=N–C) groups is 2. The summed E-state index contributed by atoms with van der Waals surface area (Å²) in [6.07, 6.45) is 13.7. The zero-order valence-corrected chi connectivity index (χ0v) is 37.2. The summed E-state index contributed by atoms with van der Waals surface area (Å²) in [5.74, 6) is 2.59. The zero-order chi connectivity index (χ0) is 41.7. The molecule has 9 rings (SSSR count). The van der Waals surface area contributed by atoms with Crippen LogP contribution in [0, 0.1) is 6.92 Å². The van der Waals surface area contributed by atoms with Crippen molar-refractivity contribution >= 4 is 72.9 Å². The second kappa shape index (κ2) is 18.1. The molecule has 0 radical (unpaired) electrons. The first-order valence-corrected chi connectivity index (χ1v) is 22.6. The molecule has 61 heavy (non-hydrogen) atoms. The number of nitrogens with one attached hydrogen (secondary N) is 1. The molecule has 2 aliphatic rings. The maximum atomic E-state index is 5.38. The molecule has 0 amide bonds. The molecule has 5 nitrogen and oxygen atoms in total. The van der Waals surface area contributed by atoms with Gasteiger partial charge in [-0.15, -0.1) is 11.3 Å². The lowest BCUT2D eigenvalue weighted by Crippen LogP contribution is -2.36. The number of rotatable bonds is 10. The van der Waals surface area contributed by atoms with Crippen molar-refractivity contribution in [3.05, 3.63) is 218 Å². The van der Waals surface area contributed by atoms with Gasteiger partial charge in [0.05, 0.1) is 11.4 Å². The summed E-state index contributed by atoms with van der Waals surface area (Å²) >= 11 is 4.06. The number of benzene rings is 5. The number of thiophene rings is 1. The van der Waals surface area contributed by atoms with Gasteiger partial charge < -0.3 is 5.32 Å². The fraction of sp³-hybridized carbons (Fsp3) is 0.111. The van der Waals surface area contributed by atoms with Crippen molar-refractivity contribution in [2.75, 3.05) is 0 Å². The Morgan fingerprint density at radius 3 is 2.10 bits per heavy atom. The van der Waals surface area contributed by atoms with Crippen LogP contribution in [0.1, 0.15) is 70.7 Å². The van der Waals surface area contributed by atoms with Crippen molar-refractivity contribution in [1.82, 2.24) is 15.3 Å². The fourth-order valence-corrected chi connectivity index (χ4v) is 9.35. The topological polar surface area (TPSA) is 62.5 Å². The van der Waals surface area contributed by atoms with Gasteiger partial charge in [0.2, 0.25) is 0 Å². The minimum atomic E-state index is -0.500. The molecule has 7 aromatic rings. The predicted molar refractivity (Wildman–Crippen MR) is 267 cm³/mol. The van der Waals surface area contributed by atoms with Crippen LogP contribution in [0.2, 0.25) is 0 Å². The largest absolute Gasteiger partial charge is 0.325 e. The Hall–Kier alpha value is -6.29. The molecule has 5 aromatic carbocycles. The van der Waals surface area contributed by atoms with Gasteiger partial charge in [-0.1, -0.05) is 174 Å². The molecule has 0 bridgehead atoms. The predicted octanol–water partition coefficient (Wildman–Crippen LogP) is 14.4. The van der Waals surface area contributed by atoms with E-state index in [4.69, 9.17) is 20.0 Å². The molecule has 1 N–H and O–H groups in total. The Kier molecular flexibility index (Phi) is 11.9. The van der Waals surface area contributed by atoms with Crippen molar-refractivity contribution in [2.45, 2.75) is 39.3 Å². The molecule has 3 heterocycles. The highest BCUT2D eigenvalue weighted by molar-refractivity contribution is 14.1. The summed E-state index contributed by atoms with van der Waals surface area (Å²) in [6, 6.07) is 48.6. The van der Waals surface area contributed by atoms with Gasteiger partial charge in [-0.2, -0.15) is 0 Å². The van der Waals surface area contributed by atoms with Crippen molar-refractivity contribution in [2.24, 2.45) is 9.98 Å². The van der Waals surface area contributed by atoms with Crippen molar-refractivity contribution in [3.63, 3.8) is 0 Å². The van der Waals surface area contributed by atoms with E-state index in [1.54, 1.807) is 0 Å². The van der Waals surface area contributed by atoms with Crippen molar-refractivity contribution in [3.8, 4) is 22.6 Å². The van der Waals surface area contributed by atoms with Crippen LogP contribution in [0.3, 0.4) is 0 Å². The maximum Gasteiger partial charge on any atom is 0.169 e. The minimum Gasteiger partial charge on any atom is -0.325 e. The van der Waals surface area contributed by atoms with Crippen LogP contribution >= 0.6 is 33.9 Å². The summed E-state index contributed by atoms with van der Waals surface area (Å²) in [6.45, 7) is 6.51. The number of halogens is 1. The highest BCUT2D eigenvalue weighted by Crippen LogP contribution is 2.43. The Bertz CT molecular complexity index is 2940. The molecule has 298 valence electrons. The number of fused-ring (bicyclic) bond motifs is 1. The van der Waals surface area contributed by atoms with E-state index < -0.39 is 6.17 Å².